The molecule has 3 aromatic carbocycles. The number of nitrogens with one attached hydrogen (secondary N) is 4. The molecule has 0 unspecified atom stereocenters. The summed E-state index contributed by atoms with van der Waals surface area (Å²) in [5.41, 5.74) is 2.19. The number of para-hydroxylation sites is 1. The second-order valence-electron chi connectivity index (χ2n) is 8.82. The minimum atomic E-state index is -4.12. The average molecular weight is 614 g/mol. The quantitative estimate of drug-likeness (QED) is 0.156. The van der Waals surface area contributed by atoms with Crippen LogP contribution in [0.3, 0.4) is 0 Å². The van der Waals surface area contributed by atoms with Gasteiger partial charge in [0.25, 0.3) is 15.9 Å². The number of H-pyrrole nitrogens is 1. The molecular formula is C28H22Cl2N4O4S2. The van der Waals surface area contributed by atoms with Gasteiger partial charge in [0.2, 0.25) is 5.91 Å². The summed E-state index contributed by atoms with van der Waals surface area (Å²) in [6.45, 7) is 0. The van der Waals surface area contributed by atoms with E-state index >= 15 is 0 Å². The second kappa shape index (κ2) is 11.7. The highest BCUT2D eigenvalue weighted by atomic mass is 35.5. The van der Waals surface area contributed by atoms with Crippen LogP contribution in [0.25, 0.3) is 10.9 Å². The van der Waals surface area contributed by atoms with Gasteiger partial charge in [0.1, 0.15) is 10.9 Å². The summed E-state index contributed by atoms with van der Waals surface area (Å²) in [7, 11) is -4.12. The van der Waals surface area contributed by atoms with Gasteiger partial charge in [-0.1, -0.05) is 53.5 Å². The SMILES string of the molecule is O=C(N[C@@H](Cc1c[nH]c2ccccc12)C(=O)Nc1ccc(Cl)c(S(=O)(=O)Nc2cccc(Cl)c2)c1)c1cccs1. The maximum Gasteiger partial charge on any atom is 0.263 e. The van der Waals surface area contributed by atoms with Crippen LogP contribution in [0.4, 0.5) is 11.4 Å². The number of sulfonamides is 1. The summed E-state index contributed by atoms with van der Waals surface area (Å²) in [6.07, 6.45) is 2.00. The molecule has 5 rings (SSSR count). The van der Waals surface area contributed by atoms with Gasteiger partial charge in [0.15, 0.2) is 0 Å². The number of benzene rings is 3. The molecule has 0 spiro atoms. The van der Waals surface area contributed by atoms with Crippen molar-refractivity contribution in [2.75, 3.05) is 10.0 Å². The molecule has 2 amide bonds. The van der Waals surface area contributed by atoms with Crippen molar-refractivity contribution in [2.45, 2.75) is 17.4 Å². The van der Waals surface area contributed by atoms with Crippen LogP contribution in [0, 0.1) is 0 Å². The Morgan fingerprint density at radius 2 is 1.75 bits per heavy atom. The summed E-state index contributed by atoms with van der Waals surface area (Å²) in [6, 6.07) is 20.5. The fourth-order valence-electron chi connectivity index (χ4n) is 4.15. The summed E-state index contributed by atoms with van der Waals surface area (Å²) in [4.78, 5) is 29.8. The smallest absolute Gasteiger partial charge is 0.263 e. The van der Waals surface area contributed by atoms with E-state index in [9.17, 15) is 18.0 Å². The van der Waals surface area contributed by atoms with E-state index in [1.165, 1.54) is 35.6 Å². The molecule has 40 heavy (non-hydrogen) atoms. The Balaban J connectivity index is 1.40. The number of carbonyl (C=O) groups is 2. The topological polar surface area (TPSA) is 120 Å². The third kappa shape index (κ3) is 6.31. The number of anilines is 2. The lowest BCUT2D eigenvalue weighted by Gasteiger charge is -2.19. The molecule has 5 aromatic rings. The number of halogens is 2. The molecule has 2 aromatic heterocycles. The van der Waals surface area contributed by atoms with Gasteiger partial charge in [0, 0.05) is 34.2 Å². The molecular weight excluding hydrogens is 591 g/mol. The minimum Gasteiger partial charge on any atom is -0.361 e. The molecule has 204 valence electrons. The van der Waals surface area contributed by atoms with Crippen LogP contribution in [0.1, 0.15) is 15.2 Å². The first-order chi connectivity index (χ1) is 19.2. The predicted octanol–water partition coefficient (Wildman–Crippen LogP) is 6.32. The van der Waals surface area contributed by atoms with Gasteiger partial charge < -0.3 is 15.6 Å². The molecule has 0 radical (unpaired) electrons. The van der Waals surface area contributed by atoms with Crippen LogP contribution in [0.5, 0.6) is 0 Å². The van der Waals surface area contributed by atoms with Crippen molar-refractivity contribution < 1.29 is 18.0 Å². The van der Waals surface area contributed by atoms with E-state index in [0.29, 0.717) is 9.90 Å². The number of aromatic nitrogens is 1. The molecule has 12 heteroatoms. The Bertz CT molecular complexity index is 1800. The van der Waals surface area contributed by atoms with E-state index in [4.69, 9.17) is 23.2 Å². The Morgan fingerprint density at radius 1 is 0.925 bits per heavy atom. The zero-order chi connectivity index (χ0) is 28.3. The van der Waals surface area contributed by atoms with Crippen molar-refractivity contribution in [1.82, 2.24) is 10.3 Å². The lowest BCUT2D eigenvalue weighted by atomic mass is 10.0. The molecule has 0 aliphatic heterocycles. The van der Waals surface area contributed by atoms with E-state index in [1.807, 2.05) is 24.3 Å². The van der Waals surface area contributed by atoms with E-state index < -0.39 is 22.0 Å². The first-order valence-corrected chi connectivity index (χ1v) is 15.1. The number of aromatic amines is 1. The second-order valence-corrected chi connectivity index (χ2v) is 12.3. The van der Waals surface area contributed by atoms with E-state index in [1.54, 1.807) is 41.9 Å². The Kier molecular flexibility index (Phi) is 8.13. The highest BCUT2D eigenvalue weighted by Crippen LogP contribution is 2.28. The molecule has 4 N–H and O–H groups in total. The molecule has 8 nitrogen and oxygen atoms in total. The van der Waals surface area contributed by atoms with Crippen LogP contribution in [0.2, 0.25) is 10.0 Å². The van der Waals surface area contributed by atoms with Gasteiger partial charge in [-0.15, -0.1) is 11.3 Å². The summed E-state index contributed by atoms with van der Waals surface area (Å²) in [5, 5.41) is 8.58. The lowest BCUT2D eigenvalue weighted by Crippen LogP contribution is -2.45. The maximum atomic E-state index is 13.5. The normalized spacial score (nSPS) is 12.2. The maximum absolute atomic E-state index is 13.5. The van der Waals surface area contributed by atoms with E-state index in [0.717, 1.165) is 16.5 Å². The molecule has 0 aliphatic rings. The Morgan fingerprint density at radius 3 is 2.52 bits per heavy atom. The van der Waals surface area contributed by atoms with Crippen molar-refractivity contribution in [3.8, 4) is 0 Å². The zero-order valence-electron chi connectivity index (χ0n) is 20.7. The standard InChI is InChI=1S/C28H22Cl2N4O4S2/c29-18-5-3-6-20(14-18)34-40(37,38)26-15-19(10-11-22(26)30)32-27(35)24(33-28(36)25-9-4-12-39-25)13-17-16-31-23-8-2-1-7-21(17)23/h1-12,14-16,24,31,34H,13H2,(H,32,35)(H,33,36)/t24-/m0/s1. The van der Waals surface area contributed by atoms with E-state index in [-0.39, 0.29) is 33.6 Å². The first-order valence-electron chi connectivity index (χ1n) is 12.0. The third-order valence-corrected chi connectivity index (χ3v) is 9.00. The number of thiophene rings is 1. The largest absolute Gasteiger partial charge is 0.361 e. The van der Waals surface area contributed by atoms with Crippen molar-refractivity contribution in [2.24, 2.45) is 0 Å². The van der Waals surface area contributed by atoms with Crippen LogP contribution in [-0.2, 0) is 21.2 Å². The molecule has 0 fully saturated rings. The van der Waals surface area contributed by atoms with E-state index in [2.05, 4.69) is 20.3 Å². The first kappa shape index (κ1) is 27.7. The average Bonchev–Trinajstić information content (AvgIpc) is 3.60. The molecule has 0 saturated heterocycles. The van der Waals surface area contributed by atoms with Gasteiger partial charge in [-0.05, 0) is 59.5 Å². The van der Waals surface area contributed by atoms with Gasteiger partial charge in [-0.3, -0.25) is 14.3 Å². The highest BCUT2D eigenvalue weighted by molar-refractivity contribution is 7.92. The number of hydrogen-bond donors (Lipinski definition) is 4. The number of hydrogen-bond acceptors (Lipinski definition) is 5. The van der Waals surface area contributed by atoms with Crippen LogP contribution < -0.4 is 15.4 Å². The van der Waals surface area contributed by atoms with Crippen molar-refractivity contribution >= 4 is 78.7 Å². The number of fused-ring (bicyclic) bond motifs is 1. The molecule has 2 heterocycles. The van der Waals surface area contributed by atoms with Gasteiger partial charge in [0.05, 0.1) is 15.6 Å². The monoisotopic (exact) mass is 612 g/mol. The predicted molar refractivity (Wildman–Crippen MR) is 160 cm³/mol. The van der Waals surface area contributed by atoms with Crippen molar-refractivity contribution in [3.63, 3.8) is 0 Å². The molecule has 1 atom stereocenters. The van der Waals surface area contributed by atoms with Gasteiger partial charge in [-0.25, -0.2) is 8.42 Å². The summed E-state index contributed by atoms with van der Waals surface area (Å²) in [5.74, 6) is -0.913. The Labute approximate surface area is 244 Å². The van der Waals surface area contributed by atoms with Crippen LogP contribution >= 0.6 is 34.5 Å². The highest BCUT2D eigenvalue weighted by Gasteiger charge is 2.25. The summed E-state index contributed by atoms with van der Waals surface area (Å²) < 4.78 is 28.7. The van der Waals surface area contributed by atoms with Crippen molar-refractivity contribution in [3.05, 3.63) is 111 Å². The molecule has 0 bridgehead atoms. The van der Waals surface area contributed by atoms with Gasteiger partial charge in [-0.2, -0.15) is 0 Å². The fraction of sp³-hybridized carbons (Fsp3) is 0.0714. The fourth-order valence-corrected chi connectivity index (χ4v) is 6.54. The van der Waals surface area contributed by atoms with Gasteiger partial charge >= 0.3 is 0 Å². The van der Waals surface area contributed by atoms with Crippen molar-refractivity contribution in [1.29, 1.82) is 0 Å². The van der Waals surface area contributed by atoms with Crippen LogP contribution in [0.15, 0.2) is 95.3 Å². The Hall–Kier alpha value is -3.83. The lowest BCUT2D eigenvalue weighted by molar-refractivity contribution is -0.118. The summed E-state index contributed by atoms with van der Waals surface area (Å²) >= 11 is 13.5. The van der Waals surface area contributed by atoms with Crippen LogP contribution in [-0.4, -0.2) is 31.3 Å². The zero-order valence-corrected chi connectivity index (χ0v) is 23.8. The minimum absolute atomic E-state index is 0.0335. The number of rotatable bonds is 9. The molecule has 0 saturated carbocycles. The number of carbonyl (C=O) groups excluding carboxylic acids is 2. The third-order valence-electron chi connectivity index (χ3n) is 6.03. The molecule has 0 aliphatic carbocycles. The number of amides is 2.